The summed E-state index contributed by atoms with van der Waals surface area (Å²) >= 11 is 0. The van der Waals surface area contributed by atoms with Gasteiger partial charge in [-0.05, 0) is 23.8 Å². The highest BCUT2D eigenvalue weighted by molar-refractivity contribution is 6.00. The van der Waals surface area contributed by atoms with Crippen molar-refractivity contribution in [2.75, 3.05) is 5.32 Å². The number of benzene rings is 2. The van der Waals surface area contributed by atoms with E-state index >= 15 is 0 Å². The molecule has 25 heavy (non-hydrogen) atoms. The zero-order valence-electron chi connectivity index (χ0n) is 13.2. The molecule has 0 fully saturated rings. The van der Waals surface area contributed by atoms with E-state index in [-0.39, 0.29) is 24.3 Å². The summed E-state index contributed by atoms with van der Waals surface area (Å²) in [6.45, 7) is 0. The standard InChI is InChI=1S/C18H15N5O2/c24-16(9-15-13-6-1-2-7-14(13)18(25)22-15)21-12-5-3-4-11(8-12)17-19-10-20-23-17/h1-8,10,15H,9H2,(H,21,24)(H,22,25)(H,19,20,23)/t15-/m0/s1. The maximum atomic E-state index is 12.4. The van der Waals surface area contributed by atoms with Gasteiger partial charge in [0.15, 0.2) is 5.82 Å². The van der Waals surface area contributed by atoms with Crippen LogP contribution in [0.25, 0.3) is 11.4 Å². The number of anilines is 1. The smallest absolute Gasteiger partial charge is 0.252 e. The second-order valence-electron chi connectivity index (χ2n) is 5.78. The molecule has 0 saturated heterocycles. The molecule has 0 radical (unpaired) electrons. The van der Waals surface area contributed by atoms with Gasteiger partial charge in [0.1, 0.15) is 6.33 Å². The lowest BCUT2D eigenvalue weighted by Gasteiger charge is -2.12. The van der Waals surface area contributed by atoms with Crippen molar-refractivity contribution in [1.29, 1.82) is 0 Å². The fourth-order valence-corrected chi connectivity index (χ4v) is 2.97. The Morgan fingerprint density at radius 1 is 1.16 bits per heavy atom. The molecule has 3 aromatic rings. The third kappa shape index (κ3) is 2.99. The van der Waals surface area contributed by atoms with E-state index in [1.165, 1.54) is 6.33 Å². The number of fused-ring (bicyclic) bond motifs is 1. The Kier molecular flexibility index (Phi) is 3.74. The minimum absolute atomic E-state index is 0.138. The Bertz CT molecular complexity index is 936. The molecule has 0 saturated carbocycles. The predicted octanol–water partition coefficient (Wildman–Crippen LogP) is 2.29. The van der Waals surface area contributed by atoms with Crippen LogP contribution in [0.5, 0.6) is 0 Å². The summed E-state index contributed by atoms with van der Waals surface area (Å²) in [5.74, 6) is 0.325. The SMILES string of the molecule is O=C(C[C@@H]1NC(=O)c2ccccc21)Nc1cccc(-c2ncn[nH]2)c1. The summed E-state index contributed by atoms with van der Waals surface area (Å²) in [5.41, 5.74) is 2.98. The van der Waals surface area contributed by atoms with Gasteiger partial charge in [0.05, 0.1) is 12.5 Å². The number of rotatable bonds is 4. The Hall–Kier alpha value is -3.48. The van der Waals surface area contributed by atoms with E-state index in [2.05, 4.69) is 25.8 Å². The van der Waals surface area contributed by atoms with Gasteiger partial charge in [0.25, 0.3) is 5.91 Å². The lowest BCUT2D eigenvalue weighted by molar-refractivity contribution is -0.116. The number of amides is 2. The Balaban J connectivity index is 1.47. The summed E-state index contributed by atoms with van der Waals surface area (Å²) < 4.78 is 0. The first-order chi connectivity index (χ1) is 12.2. The molecule has 0 bridgehead atoms. The van der Waals surface area contributed by atoms with E-state index in [9.17, 15) is 9.59 Å². The second-order valence-corrected chi connectivity index (χ2v) is 5.78. The molecule has 7 heteroatoms. The minimum Gasteiger partial charge on any atom is -0.345 e. The van der Waals surface area contributed by atoms with Gasteiger partial charge >= 0.3 is 0 Å². The molecule has 2 amide bonds. The van der Waals surface area contributed by atoms with Crippen molar-refractivity contribution in [3.8, 4) is 11.4 Å². The maximum Gasteiger partial charge on any atom is 0.252 e. The lowest BCUT2D eigenvalue weighted by Crippen LogP contribution is -2.24. The van der Waals surface area contributed by atoms with Gasteiger partial charge in [0, 0.05) is 16.8 Å². The normalized spacial score (nSPS) is 15.5. The number of hydrogen-bond acceptors (Lipinski definition) is 4. The average Bonchev–Trinajstić information content (AvgIpc) is 3.25. The first-order valence-corrected chi connectivity index (χ1v) is 7.86. The van der Waals surface area contributed by atoms with Crippen LogP contribution < -0.4 is 10.6 Å². The van der Waals surface area contributed by atoms with Crippen LogP contribution in [0.15, 0.2) is 54.9 Å². The molecule has 0 unspecified atom stereocenters. The molecule has 2 heterocycles. The molecule has 0 spiro atoms. The van der Waals surface area contributed by atoms with Gasteiger partial charge in [-0.3, -0.25) is 14.7 Å². The van der Waals surface area contributed by atoms with Crippen molar-refractivity contribution in [2.24, 2.45) is 0 Å². The van der Waals surface area contributed by atoms with Gasteiger partial charge < -0.3 is 10.6 Å². The zero-order chi connectivity index (χ0) is 17.2. The highest BCUT2D eigenvalue weighted by atomic mass is 16.2. The van der Waals surface area contributed by atoms with Crippen molar-refractivity contribution in [3.05, 3.63) is 66.0 Å². The van der Waals surface area contributed by atoms with Crippen LogP contribution in [0.2, 0.25) is 0 Å². The summed E-state index contributed by atoms with van der Waals surface area (Å²) in [5, 5.41) is 12.3. The fourth-order valence-electron chi connectivity index (χ4n) is 2.97. The van der Waals surface area contributed by atoms with E-state index in [4.69, 9.17) is 0 Å². The fraction of sp³-hybridized carbons (Fsp3) is 0.111. The van der Waals surface area contributed by atoms with Gasteiger partial charge in [-0.2, -0.15) is 5.10 Å². The van der Waals surface area contributed by atoms with Crippen LogP contribution in [0.3, 0.4) is 0 Å². The highest BCUT2D eigenvalue weighted by Crippen LogP contribution is 2.28. The van der Waals surface area contributed by atoms with E-state index < -0.39 is 0 Å². The molecule has 1 aromatic heterocycles. The summed E-state index contributed by atoms with van der Waals surface area (Å²) in [4.78, 5) is 28.4. The number of aromatic nitrogens is 3. The monoisotopic (exact) mass is 333 g/mol. The van der Waals surface area contributed by atoms with Crippen LogP contribution in [-0.2, 0) is 4.79 Å². The molecule has 3 N–H and O–H groups in total. The van der Waals surface area contributed by atoms with Crippen LogP contribution in [0.4, 0.5) is 5.69 Å². The van der Waals surface area contributed by atoms with Crippen molar-refractivity contribution >= 4 is 17.5 Å². The van der Waals surface area contributed by atoms with E-state index in [1.54, 1.807) is 12.1 Å². The maximum absolute atomic E-state index is 12.4. The lowest BCUT2D eigenvalue weighted by atomic mass is 10.0. The Morgan fingerprint density at radius 3 is 2.88 bits per heavy atom. The highest BCUT2D eigenvalue weighted by Gasteiger charge is 2.29. The largest absolute Gasteiger partial charge is 0.345 e. The third-order valence-corrected chi connectivity index (χ3v) is 4.11. The number of aromatic amines is 1. The van der Waals surface area contributed by atoms with E-state index in [0.717, 1.165) is 11.1 Å². The number of hydrogen-bond donors (Lipinski definition) is 3. The van der Waals surface area contributed by atoms with Crippen LogP contribution in [-0.4, -0.2) is 27.0 Å². The molecule has 1 aliphatic heterocycles. The molecule has 0 aliphatic carbocycles. The van der Waals surface area contributed by atoms with E-state index in [1.807, 2.05) is 36.4 Å². The van der Waals surface area contributed by atoms with Crippen molar-refractivity contribution in [2.45, 2.75) is 12.5 Å². The van der Waals surface area contributed by atoms with Crippen LogP contribution in [0.1, 0.15) is 28.4 Å². The summed E-state index contributed by atoms with van der Waals surface area (Å²) in [6, 6.07) is 14.4. The van der Waals surface area contributed by atoms with E-state index in [0.29, 0.717) is 17.1 Å². The van der Waals surface area contributed by atoms with Crippen molar-refractivity contribution in [1.82, 2.24) is 20.5 Å². The quantitative estimate of drug-likeness (QED) is 0.682. The number of carbonyl (C=O) groups is 2. The van der Waals surface area contributed by atoms with Gasteiger partial charge in [-0.15, -0.1) is 0 Å². The van der Waals surface area contributed by atoms with Gasteiger partial charge in [-0.25, -0.2) is 4.98 Å². The molecule has 1 atom stereocenters. The second kappa shape index (κ2) is 6.20. The Morgan fingerprint density at radius 2 is 2.04 bits per heavy atom. The Labute approximate surface area is 143 Å². The zero-order valence-corrected chi connectivity index (χ0v) is 13.2. The molecule has 124 valence electrons. The molecular formula is C18H15N5O2. The predicted molar refractivity (Wildman–Crippen MR) is 91.7 cm³/mol. The molecule has 4 rings (SSSR count). The van der Waals surface area contributed by atoms with Crippen LogP contribution >= 0.6 is 0 Å². The first-order valence-electron chi connectivity index (χ1n) is 7.86. The van der Waals surface area contributed by atoms with Crippen LogP contribution in [0, 0.1) is 0 Å². The number of carbonyl (C=O) groups excluding carboxylic acids is 2. The minimum atomic E-state index is -0.304. The molecule has 7 nitrogen and oxygen atoms in total. The summed E-state index contributed by atoms with van der Waals surface area (Å²) in [7, 11) is 0. The van der Waals surface area contributed by atoms with Gasteiger partial charge in [-0.1, -0.05) is 30.3 Å². The number of H-pyrrole nitrogens is 1. The first kappa shape index (κ1) is 15.1. The molecule has 1 aliphatic rings. The third-order valence-electron chi connectivity index (χ3n) is 4.11. The number of nitrogens with zero attached hydrogens (tertiary/aromatic N) is 2. The summed E-state index contributed by atoms with van der Waals surface area (Å²) in [6.07, 6.45) is 1.61. The molecular weight excluding hydrogens is 318 g/mol. The average molecular weight is 333 g/mol. The van der Waals surface area contributed by atoms with Crippen molar-refractivity contribution in [3.63, 3.8) is 0 Å². The topological polar surface area (TPSA) is 99.8 Å². The van der Waals surface area contributed by atoms with Crippen molar-refractivity contribution < 1.29 is 9.59 Å². The number of nitrogens with one attached hydrogen (secondary N) is 3. The van der Waals surface area contributed by atoms with Gasteiger partial charge in [0.2, 0.25) is 5.91 Å². The molecule has 2 aromatic carbocycles.